The molecule has 1 rings (SSSR count). The van der Waals surface area contributed by atoms with E-state index in [4.69, 9.17) is 16.7 Å². The van der Waals surface area contributed by atoms with Gasteiger partial charge in [-0.25, -0.2) is 8.78 Å². The number of hydrogen-bond acceptors (Lipinski definition) is 1. The summed E-state index contributed by atoms with van der Waals surface area (Å²) < 4.78 is 37.8. The summed E-state index contributed by atoms with van der Waals surface area (Å²) in [6, 6.07) is 0. The van der Waals surface area contributed by atoms with Crippen molar-refractivity contribution < 1.29 is 18.3 Å². The molecule has 0 bridgehead atoms. The van der Waals surface area contributed by atoms with E-state index in [0.717, 1.165) is 6.92 Å². The number of halogens is 4. The first-order chi connectivity index (χ1) is 6.46. The second-order valence-electron chi connectivity index (χ2n) is 2.23. The third-order valence-electron chi connectivity index (χ3n) is 1.46. The monoisotopic (exact) mass is 226 g/mol. The van der Waals surface area contributed by atoms with E-state index in [2.05, 4.69) is 0 Å². The van der Waals surface area contributed by atoms with Crippen molar-refractivity contribution in [2.24, 2.45) is 0 Å². The van der Waals surface area contributed by atoms with Gasteiger partial charge in [-0.2, -0.15) is 4.39 Å². The summed E-state index contributed by atoms with van der Waals surface area (Å²) >= 11 is 5.19. The lowest BCUT2D eigenvalue weighted by Crippen LogP contribution is -1.94. The molecule has 0 aliphatic carbocycles. The normalized spacial score (nSPS) is 9.36. The molecule has 14 heavy (non-hydrogen) atoms. The molecule has 0 spiro atoms. The van der Waals surface area contributed by atoms with Crippen LogP contribution in [-0.2, 0) is 0 Å². The molecule has 0 aromatic heterocycles. The van der Waals surface area contributed by atoms with E-state index in [0.29, 0.717) is 0 Å². The highest BCUT2D eigenvalue weighted by Crippen LogP contribution is 2.31. The zero-order valence-electron chi connectivity index (χ0n) is 7.96. The Hall–Kier alpha value is -0.900. The van der Waals surface area contributed by atoms with Crippen LogP contribution in [0.1, 0.15) is 19.4 Å². The molecule has 0 heterocycles. The van der Waals surface area contributed by atoms with E-state index in [1.807, 2.05) is 13.8 Å². The number of aromatic hydroxyl groups is 1. The van der Waals surface area contributed by atoms with Gasteiger partial charge in [-0.3, -0.25) is 0 Å². The Labute approximate surface area is 85.1 Å². The van der Waals surface area contributed by atoms with Gasteiger partial charge in [-0.05, 0) is 6.92 Å². The van der Waals surface area contributed by atoms with Crippen LogP contribution < -0.4 is 0 Å². The van der Waals surface area contributed by atoms with Crippen LogP contribution >= 0.6 is 11.6 Å². The fraction of sp³-hybridized carbons (Fsp3) is 0.333. The highest BCUT2D eigenvalue weighted by molar-refractivity contribution is 6.31. The maximum atomic E-state index is 12.7. The van der Waals surface area contributed by atoms with Crippen LogP contribution in [0.25, 0.3) is 0 Å². The third kappa shape index (κ3) is 2.12. The summed E-state index contributed by atoms with van der Waals surface area (Å²) in [7, 11) is 0. The molecular formula is C9H10ClF3O. The minimum absolute atomic E-state index is 0.312. The Balaban J connectivity index is 0.000000791. The van der Waals surface area contributed by atoms with E-state index in [1.54, 1.807) is 0 Å². The smallest absolute Gasteiger partial charge is 0.205 e. The van der Waals surface area contributed by atoms with E-state index < -0.39 is 28.2 Å². The Kier molecular flexibility index (Phi) is 4.77. The first-order valence-electron chi connectivity index (χ1n) is 3.98. The predicted octanol–water partition coefficient (Wildman–Crippen LogP) is 3.80. The standard InChI is InChI=1S/C7H4ClF3O.C2H6/c1-2-3(8)5(10)6(11)7(12)4(2)9;1-2/h12H,1H3;1-2H3. The third-order valence-corrected chi connectivity index (χ3v) is 1.91. The van der Waals surface area contributed by atoms with Gasteiger partial charge in [0.2, 0.25) is 5.82 Å². The fourth-order valence-corrected chi connectivity index (χ4v) is 0.901. The van der Waals surface area contributed by atoms with Crippen molar-refractivity contribution in [2.45, 2.75) is 20.8 Å². The van der Waals surface area contributed by atoms with Crippen molar-refractivity contribution in [3.63, 3.8) is 0 Å². The van der Waals surface area contributed by atoms with Crippen molar-refractivity contribution in [3.8, 4) is 5.75 Å². The van der Waals surface area contributed by atoms with Crippen LogP contribution in [-0.4, -0.2) is 5.11 Å². The molecule has 1 nitrogen and oxygen atoms in total. The average Bonchev–Trinajstić information content (AvgIpc) is 2.24. The molecule has 0 aliphatic heterocycles. The van der Waals surface area contributed by atoms with Gasteiger partial charge in [0.15, 0.2) is 17.4 Å². The first kappa shape index (κ1) is 13.1. The van der Waals surface area contributed by atoms with Gasteiger partial charge in [0.05, 0.1) is 5.02 Å². The summed E-state index contributed by atoms with van der Waals surface area (Å²) in [5.41, 5.74) is -0.312. The summed E-state index contributed by atoms with van der Waals surface area (Å²) in [5, 5.41) is 7.99. The second kappa shape index (κ2) is 5.10. The molecular weight excluding hydrogens is 217 g/mol. The van der Waals surface area contributed by atoms with Crippen LogP contribution in [0.3, 0.4) is 0 Å². The summed E-state index contributed by atoms with van der Waals surface area (Å²) in [5.74, 6) is -5.68. The van der Waals surface area contributed by atoms with Crippen LogP contribution in [0.5, 0.6) is 5.75 Å². The Bertz CT molecular complexity index is 234. The second-order valence-corrected chi connectivity index (χ2v) is 2.61. The molecule has 0 fully saturated rings. The molecule has 1 aromatic rings. The number of phenols is 1. The molecule has 5 heteroatoms. The summed E-state index contributed by atoms with van der Waals surface area (Å²) in [4.78, 5) is 0. The molecule has 1 N–H and O–H groups in total. The zero-order valence-corrected chi connectivity index (χ0v) is 8.72. The lowest BCUT2D eigenvalue weighted by atomic mass is 10.2. The quantitative estimate of drug-likeness (QED) is 0.527. The van der Waals surface area contributed by atoms with E-state index >= 15 is 0 Å². The largest absolute Gasteiger partial charge is 0.503 e. The van der Waals surface area contributed by atoms with Crippen molar-refractivity contribution >= 4 is 11.6 Å². The topological polar surface area (TPSA) is 20.2 Å². The lowest BCUT2D eigenvalue weighted by Gasteiger charge is -2.04. The Morgan fingerprint density at radius 2 is 1.43 bits per heavy atom. The number of rotatable bonds is 0. The molecule has 0 aliphatic rings. The van der Waals surface area contributed by atoms with Crippen molar-refractivity contribution in [3.05, 3.63) is 28.0 Å². The molecule has 0 saturated carbocycles. The van der Waals surface area contributed by atoms with Crippen molar-refractivity contribution in [1.82, 2.24) is 0 Å². The van der Waals surface area contributed by atoms with Crippen molar-refractivity contribution in [2.75, 3.05) is 0 Å². The number of hydrogen-bond donors (Lipinski definition) is 1. The van der Waals surface area contributed by atoms with Crippen molar-refractivity contribution in [1.29, 1.82) is 0 Å². The molecule has 0 saturated heterocycles. The fourth-order valence-electron chi connectivity index (χ4n) is 0.735. The first-order valence-corrected chi connectivity index (χ1v) is 4.36. The Morgan fingerprint density at radius 1 is 1.00 bits per heavy atom. The Morgan fingerprint density at radius 3 is 1.86 bits per heavy atom. The molecule has 0 radical (unpaired) electrons. The van der Waals surface area contributed by atoms with Gasteiger partial charge in [0.1, 0.15) is 0 Å². The maximum absolute atomic E-state index is 12.7. The lowest BCUT2D eigenvalue weighted by molar-refractivity contribution is 0.374. The minimum atomic E-state index is -1.66. The summed E-state index contributed by atoms with van der Waals surface area (Å²) in [6.45, 7) is 5.14. The number of phenolic OH excluding ortho intramolecular Hbond substituents is 1. The van der Waals surface area contributed by atoms with Gasteiger partial charge in [0, 0.05) is 5.56 Å². The highest BCUT2D eigenvalue weighted by Gasteiger charge is 2.20. The van der Waals surface area contributed by atoms with E-state index in [1.165, 1.54) is 0 Å². The minimum Gasteiger partial charge on any atom is -0.503 e. The summed E-state index contributed by atoms with van der Waals surface area (Å²) in [6.07, 6.45) is 0. The van der Waals surface area contributed by atoms with Crippen LogP contribution in [0.2, 0.25) is 5.02 Å². The SMILES string of the molecule is CC.Cc1c(F)c(O)c(F)c(F)c1Cl. The van der Waals surface area contributed by atoms with Gasteiger partial charge in [0.25, 0.3) is 0 Å². The van der Waals surface area contributed by atoms with Gasteiger partial charge < -0.3 is 5.11 Å². The van der Waals surface area contributed by atoms with Crippen LogP contribution in [0.4, 0.5) is 13.2 Å². The van der Waals surface area contributed by atoms with E-state index in [9.17, 15) is 13.2 Å². The van der Waals surface area contributed by atoms with E-state index in [-0.39, 0.29) is 5.56 Å². The molecule has 80 valence electrons. The van der Waals surface area contributed by atoms with Gasteiger partial charge in [-0.15, -0.1) is 0 Å². The van der Waals surface area contributed by atoms with Gasteiger partial charge in [-0.1, -0.05) is 25.4 Å². The van der Waals surface area contributed by atoms with Crippen LogP contribution in [0.15, 0.2) is 0 Å². The van der Waals surface area contributed by atoms with Crippen LogP contribution in [0, 0.1) is 24.4 Å². The maximum Gasteiger partial charge on any atom is 0.205 e. The van der Waals surface area contributed by atoms with Gasteiger partial charge >= 0.3 is 0 Å². The predicted molar refractivity (Wildman–Crippen MR) is 49.1 cm³/mol. The zero-order chi connectivity index (χ0) is 11.5. The average molecular weight is 227 g/mol. The highest BCUT2D eigenvalue weighted by atomic mass is 35.5. The molecule has 0 atom stereocenters. The molecule has 0 amide bonds. The molecule has 1 aromatic carbocycles. The molecule has 0 unspecified atom stereocenters. The number of benzene rings is 1.